The summed E-state index contributed by atoms with van der Waals surface area (Å²) in [6.45, 7) is -0.419. The summed E-state index contributed by atoms with van der Waals surface area (Å²) in [6, 6.07) is 6.13. The van der Waals surface area contributed by atoms with Gasteiger partial charge in [0, 0.05) is 13.0 Å². The lowest BCUT2D eigenvalue weighted by molar-refractivity contribution is -0.153. The summed E-state index contributed by atoms with van der Waals surface area (Å²) in [5.74, 6) is 0.0752. The van der Waals surface area contributed by atoms with Crippen LogP contribution in [-0.4, -0.2) is 25.2 Å². The predicted molar refractivity (Wildman–Crippen MR) is 72.7 cm³/mol. The van der Waals surface area contributed by atoms with E-state index >= 15 is 0 Å². The molecule has 3 N–H and O–H groups in total. The van der Waals surface area contributed by atoms with Gasteiger partial charge in [-0.25, -0.2) is 0 Å². The fraction of sp³-hybridized carbons (Fsp3) is 0.500. The highest BCUT2D eigenvalue weighted by molar-refractivity contribution is 5.75. The lowest BCUT2D eigenvalue weighted by atomic mass is 10.2. The number of hydrogen-bond acceptors (Lipinski definition) is 3. The monoisotopic (exact) mass is 304 g/mol. The van der Waals surface area contributed by atoms with Crippen molar-refractivity contribution in [2.45, 2.75) is 32.0 Å². The van der Waals surface area contributed by atoms with Crippen molar-refractivity contribution in [3.05, 3.63) is 29.8 Å². The Morgan fingerprint density at radius 1 is 1.19 bits per heavy atom. The van der Waals surface area contributed by atoms with Crippen LogP contribution in [0.1, 0.15) is 24.8 Å². The zero-order valence-corrected chi connectivity index (χ0v) is 11.6. The highest BCUT2D eigenvalue weighted by Crippen LogP contribution is 2.18. The van der Waals surface area contributed by atoms with Crippen molar-refractivity contribution in [3.8, 4) is 5.75 Å². The first kappa shape index (κ1) is 17.3. The largest absolute Gasteiger partial charge is 0.484 e. The molecule has 0 aliphatic carbocycles. The summed E-state index contributed by atoms with van der Waals surface area (Å²) in [5, 5.41) is 2.73. The number of halogens is 3. The Bertz CT molecular complexity index is 433. The van der Waals surface area contributed by atoms with E-state index in [0.717, 1.165) is 18.4 Å². The highest BCUT2D eigenvalue weighted by atomic mass is 19.4. The van der Waals surface area contributed by atoms with Gasteiger partial charge < -0.3 is 15.8 Å². The molecule has 21 heavy (non-hydrogen) atoms. The summed E-state index contributed by atoms with van der Waals surface area (Å²) in [6.07, 6.45) is -2.38. The van der Waals surface area contributed by atoms with Crippen molar-refractivity contribution in [2.75, 3.05) is 13.2 Å². The smallest absolute Gasteiger partial charge is 0.422 e. The molecule has 7 heteroatoms. The van der Waals surface area contributed by atoms with Gasteiger partial charge in [-0.3, -0.25) is 4.79 Å². The van der Waals surface area contributed by atoms with Crippen LogP contribution in [0.5, 0.6) is 5.75 Å². The minimum absolute atomic E-state index is 0.0687. The van der Waals surface area contributed by atoms with Gasteiger partial charge >= 0.3 is 6.18 Å². The van der Waals surface area contributed by atoms with Crippen LogP contribution in [0.25, 0.3) is 0 Å². The molecule has 0 unspecified atom stereocenters. The first-order valence-electron chi connectivity index (χ1n) is 6.66. The molecule has 1 amide bonds. The molecule has 0 fully saturated rings. The quantitative estimate of drug-likeness (QED) is 0.725. The zero-order chi connectivity index (χ0) is 15.7. The highest BCUT2D eigenvalue weighted by Gasteiger charge is 2.28. The summed E-state index contributed by atoms with van der Waals surface area (Å²) in [7, 11) is 0. The lowest BCUT2D eigenvalue weighted by Crippen LogP contribution is -2.22. The number of ether oxygens (including phenoxy) is 1. The van der Waals surface area contributed by atoms with Gasteiger partial charge in [-0.15, -0.1) is 0 Å². The minimum Gasteiger partial charge on any atom is -0.484 e. The molecule has 1 rings (SSSR count). The van der Waals surface area contributed by atoms with Gasteiger partial charge in [0.2, 0.25) is 5.91 Å². The number of alkyl halides is 3. The number of carbonyl (C=O) groups is 1. The van der Waals surface area contributed by atoms with Gasteiger partial charge in [0.1, 0.15) is 5.75 Å². The molecule has 0 radical (unpaired) electrons. The van der Waals surface area contributed by atoms with Gasteiger partial charge in [0.25, 0.3) is 0 Å². The second-order valence-corrected chi connectivity index (χ2v) is 4.57. The van der Waals surface area contributed by atoms with E-state index in [4.69, 9.17) is 5.73 Å². The number of hydrogen-bond donors (Lipinski definition) is 2. The van der Waals surface area contributed by atoms with Crippen molar-refractivity contribution in [1.82, 2.24) is 5.32 Å². The molecular weight excluding hydrogens is 285 g/mol. The van der Waals surface area contributed by atoms with Gasteiger partial charge in [-0.2, -0.15) is 13.2 Å². The van der Waals surface area contributed by atoms with Crippen molar-refractivity contribution in [2.24, 2.45) is 5.73 Å². The second kappa shape index (κ2) is 8.51. The van der Waals surface area contributed by atoms with E-state index in [-0.39, 0.29) is 11.7 Å². The van der Waals surface area contributed by atoms with Crippen LogP contribution >= 0.6 is 0 Å². The van der Waals surface area contributed by atoms with Crippen LogP contribution in [-0.2, 0) is 11.3 Å². The Labute approximate surface area is 121 Å². The van der Waals surface area contributed by atoms with E-state index in [0.29, 0.717) is 19.5 Å². The maximum atomic E-state index is 12.0. The van der Waals surface area contributed by atoms with Crippen LogP contribution in [0, 0.1) is 0 Å². The zero-order valence-electron chi connectivity index (χ0n) is 11.6. The Morgan fingerprint density at radius 2 is 1.86 bits per heavy atom. The average molecular weight is 304 g/mol. The molecule has 0 bridgehead atoms. The second-order valence-electron chi connectivity index (χ2n) is 4.57. The SMILES string of the molecule is NCCCCC(=O)NCc1ccc(OCC(F)(F)F)cc1. The maximum Gasteiger partial charge on any atom is 0.422 e. The lowest BCUT2D eigenvalue weighted by Gasteiger charge is -2.10. The van der Waals surface area contributed by atoms with Gasteiger partial charge in [-0.1, -0.05) is 12.1 Å². The fourth-order valence-corrected chi connectivity index (χ4v) is 1.59. The minimum atomic E-state index is -4.35. The Morgan fingerprint density at radius 3 is 2.43 bits per heavy atom. The van der Waals surface area contributed by atoms with Crippen molar-refractivity contribution >= 4 is 5.91 Å². The van der Waals surface area contributed by atoms with E-state index in [1.54, 1.807) is 12.1 Å². The molecule has 0 heterocycles. The Kier molecular flexibility index (Phi) is 7.01. The predicted octanol–water partition coefficient (Wildman–Crippen LogP) is 2.37. The molecule has 0 aliphatic rings. The van der Waals surface area contributed by atoms with Crippen LogP contribution in [0.3, 0.4) is 0 Å². The molecule has 1 aromatic rings. The summed E-state index contributed by atoms with van der Waals surface area (Å²) in [4.78, 5) is 11.5. The molecule has 0 saturated carbocycles. The van der Waals surface area contributed by atoms with Crippen LogP contribution < -0.4 is 15.8 Å². The number of benzene rings is 1. The third kappa shape index (κ3) is 8.19. The molecule has 0 atom stereocenters. The maximum absolute atomic E-state index is 12.0. The molecule has 4 nitrogen and oxygen atoms in total. The van der Waals surface area contributed by atoms with E-state index in [9.17, 15) is 18.0 Å². The van der Waals surface area contributed by atoms with Gasteiger partial charge in [0.15, 0.2) is 6.61 Å². The molecule has 0 aliphatic heterocycles. The Balaban J connectivity index is 2.32. The van der Waals surface area contributed by atoms with Gasteiger partial charge in [-0.05, 0) is 37.1 Å². The molecular formula is C14H19F3N2O2. The first-order chi connectivity index (χ1) is 9.90. The normalized spacial score (nSPS) is 11.2. The number of unbranched alkanes of at least 4 members (excludes halogenated alkanes) is 1. The number of carbonyl (C=O) groups excluding carboxylic acids is 1. The van der Waals surface area contributed by atoms with Crippen molar-refractivity contribution < 1.29 is 22.7 Å². The number of amides is 1. The first-order valence-corrected chi connectivity index (χ1v) is 6.66. The molecule has 118 valence electrons. The van der Waals surface area contributed by atoms with Crippen molar-refractivity contribution in [1.29, 1.82) is 0 Å². The Hall–Kier alpha value is -1.76. The van der Waals surface area contributed by atoms with Gasteiger partial charge in [0.05, 0.1) is 0 Å². The summed E-state index contributed by atoms with van der Waals surface area (Å²) >= 11 is 0. The third-order valence-electron chi connectivity index (χ3n) is 2.67. The standard InChI is InChI=1S/C14H19F3N2O2/c15-14(16,17)10-21-12-6-4-11(5-7-12)9-19-13(20)3-1-2-8-18/h4-7H,1-3,8-10,18H2,(H,19,20). The molecule has 0 saturated heterocycles. The molecule has 0 spiro atoms. The average Bonchev–Trinajstić information content (AvgIpc) is 2.43. The van der Waals surface area contributed by atoms with Crippen LogP contribution in [0.15, 0.2) is 24.3 Å². The third-order valence-corrected chi connectivity index (χ3v) is 2.67. The van der Waals surface area contributed by atoms with E-state index in [1.165, 1.54) is 12.1 Å². The van der Waals surface area contributed by atoms with E-state index < -0.39 is 12.8 Å². The molecule has 1 aromatic carbocycles. The number of nitrogens with two attached hydrogens (primary N) is 1. The van der Waals surface area contributed by atoms with Crippen LogP contribution in [0.4, 0.5) is 13.2 Å². The summed E-state index contributed by atoms with van der Waals surface area (Å²) in [5.41, 5.74) is 6.12. The number of rotatable bonds is 8. The topological polar surface area (TPSA) is 64.4 Å². The van der Waals surface area contributed by atoms with Crippen LogP contribution in [0.2, 0.25) is 0 Å². The number of nitrogens with one attached hydrogen (secondary N) is 1. The fourth-order valence-electron chi connectivity index (χ4n) is 1.59. The van der Waals surface area contributed by atoms with E-state index in [2.05, 4.69) is 10.1 Å². The van der Waals surface area contributed by atoms with Crippen molar-refractivity contribution in [3.63, 3.8) is 0 Å². The summed E-state index contributed by atoms with van der Waals surface area (Å²) < 4.78 is 40.5. The van der Waals surface area contributed by atoms with E-state index in [1.807, 2.05) is 0 Å². The molecule has 0 aromatic heterocycles.